The monoisotopic (exact) mass is 273 g/mol. The van der Waals surface area contributed by atoms with Crippen LogP contribution in [0.4, 0.5) is 4.39 Å². The summed E-state index contributed by atoms with van der Waals surface area (Å²) in [6, 6.07) is 5.20. The first-order chi connectivity index (χ1) is 8.32. The lowest BCUT2D eigenvalue weighted by atomic mass is 9.94. The maximum atomic E-state index is 13.6. The fourth-order valence-electron chi connectivity index (χ4n) is 1.40. The van der Waals surface area contributed by atoms with E-state index in [1.807, 2.05) is 0 Å². The number of ether oxygens (including phenoxy) is 1. The maximum Gasteiger partial charge on any atom is 0.183 e. The van der Waals surface area contributed by atoms with E-state index in [0.29, 0.717) is 12.6 Å². The fraction of sp³-hybridized carbons (Fsp3) is 0.571. The van der Waals surface area contributed by atoms with E-state index in [-0.39, 0.29) is 16.2 Å². The second kappa shape index (κ2) is 6.39. The molecule has 0 radical (unpaired) electrons. The van der Waals surface area contributed by atoms with E-state index in [1.54, 1.807) is 12.1 Å². The second-order valence-corrected chi connectivity index (χ2v) is 5.95. The highest BCUT2D eigenvalue weighted by Gasteiger charge is 2.20. The molecule has 0 atom stereocenters. The Hall–Kier alpha value is -0.800. The quantitative estimate of drug-likeness (QED) is 0.849. The topological polar surface area (TPSA) is 21.3 Å². The first-order valence-electron chi connectivity index (χ1n) is 6.12. The number of benzene rings is 1. The van der Waals surface area contributed by atoms with Crippen LogP contribution in [0.1, 0.15) is 27.7 Å². The van der Waals surface area contributed by atoms with Crippen molar-refractivity contribution in [1.29, 1.82) is 0 Å². The summed E-state index contributed by atoms with van der Waals surface area (Å²) in [6.45, 7) is 9.58. The van der Waals surface area contributed by atoms with Crippen LogP contribution in [0, 0.1) is 11.2 Å². The average molecular weight is 274 g/mol. The molecule has 1 aromatic rings. The minimum Gasteiger partial charge on any atom is -0.490 e. The molecule has 0 aliphatic heterocycles. The Balaban J connectivity index is 2.56. The molecule has 0 aromatic heterocycles. The second-order valence-electron chi connectivity index (χ2n) is 5.54. The third-order valence-electron chi connectivity index (χ3n) is 2.52. The predicted molar refractivity (Wildman–Crippen MR) is 73.8 cm³/mol. The summed E-state index contributed by atoms with van der Waals surface area (Å²) in [5, 5.41) is 3.44. The molecule has 0 heterocycles. The summed E-state index contributed by atoms with van der Waals surface area (Å²) in [5.74, 6) is -0.285. The Morgan fingerprint density at radius 2 is 2.06 bits per heavy atom. The van der Waals surface area contributed by atoms with E-state index in [1.165, 1.54) is 6.07 Å². The number of hydrogen-bond acceptors (Lipinski definition) is 2. The van der Waals surface area contributed by atoms with Crippen molar-refractivity contribution in [2.45, 2.75) is 33.7 Å². The van der Waals surface area contributed by atoms with Crippen molar-refractivity contribution in [1.82, 2.24) is 5.32 Å². The van der Waals surface area contributed by atoms with Crippen LogP contribution in [0.2, 0.25) is 5.02 Å². The van der Waals surface area contributed by atoms with Crippen molar-refractivity contribution in [2.24, 2.45) is 5.41 Å². The van der Waals surface area contributed by atoms with Gasteiger partial charge in [-0.3, -0.25) is 0 Å². The molecule has 1 N–H and O–H groups in total. The van der Waals surface area contributed by atoms with Gasteiger partial charge in [0.25, 0.3) is 0 Å². The van der Waals surface area contributed by atoms with Crippen LogP contribution in [0.5, 0.6) is 5.75 Å². The van der Waals surface area contributed by atoms with Gasteiger partial charge in [-0.05, 0) is 12.1 Å². The molecule has 0 spiro atoms. The van der Waals surface area contributed by atoms with E-state index in [9.17, 15) is 4.39 Å². The zero-order chi connectivity index (χ0) is 13.8. The molecule has 0 aliphatic carbocycles. The highest BCUT2D eigenvalue weighted by atomic mass is 35.5. The third-order valence-corrected chi connectivity index (χ3v) is 2.82. The van der Waals surface area contributed by atoms with E-state index < -0.39 is 5.82 Å². The molecule has 18 heavy (non-hydrogen) atoms. The molecule has 0 bridgehead atoms. The van der Waals surface area contributed by atoms with E-state index in [2.05, 4.69) is 33.0 Å². The lowest BCUT2D eigenvalue weighted by Gasteiger charge is -2.26. The molecular formula is C14H21ClFNO. The van der Waals surface area contributed by atoms with Crippen LogP contribution in [-0.2, 0) is 0 Å². The number of rotatable bonds is 6. The zero-order valence-electron chi connectivity index (χ0n) is 11.4. The van der Waals surface area contributed by atoms with Crippen LogP contribution in [0.25, 0.3) is 0 Å². The molecule has 2 nitrogen and oxygen atoms in total. The predicted octanol–water partition coefficient (Wildman–Crippen LogP) is 3.88. The zero-order valence-corrected chi connectivity index (χ0v) is 12.1. The van der Waals surface area contributed by atoms with Gasteiger partial charge >= 0.3 is 0 Å². The highest BCUT2D eigenvalue weighted by Crippen LogP contribution is 2.26. The SMILES string of the molecule is CC(C)NCC(C)(C)COc1cccc(Cl)c1F. The molecule has 102 valence electrons. The van der Waals surface area contributed by atoms with Crippen LogP contribution in [-0.4, -0.2) is 19.2 Å². The number of hydrogen-bond donors (Lipinski definition) is 1. The molecule has 1 aromatic carbocycles. The summed E-state index contributed by atoms with van der Waals surface area (Å²) < 4.78 is 19.1. The van der Waals surface area contributed by atoms with Gasteiger partial charge in [0.1, 0.15) is 0 Å². The Morgan fingerprint density at radius 1 is 1.39 bits per heavy atom. The van der Waals surface area contributed by atoms with Crippen molar-refractivity contribution in [3.05, 3.63) is 29.0 Å². The Morgan fingerprint density at radius 3 is 2.67 bits per heavy atom. The smallest absolute Gasteiger partial charge is 0.183 e. The lowest BCUT2D eigenvalue weighted by Crippen LogP contribution is -2.37. The average Bonchev–Trinajstić information content (AvgIpc) is 2.29. The summed E-state index contributed by atoms with van der Waals surface area (Å²) in [7, 11) is 0. The van der Waals surface area contributed by atoms with Crippen molar-refractivity contribution < 1.29 is 9.13 Å². The normalized spacial score (nSPS) is 11.9. The van der Waals surface area contributed by atoms with Gasteiger partial charge in [0.05, 0.1) is 11.6 Å². The van der Waals surface area contributed by atoms with Gasteiger partial charge in [0.2, 0.25) is 0 Å². The molecule has 4 heteroatoms. The van der Waals surface area contributed by atoms with Gasteiger partial charge in [-0.25, -0.2) is 4.39 Å². The molecule has 0 aliphatic rings. The molecule has 1 rings (SSSR count). The highest BCUT2D eigenvalue weighted by molar-refractivity contribution is 6.30. The number of halogens is 2. The van der Waals surface area contributed by atoms with Crippen LogP contribution in [0.3, 0.4) is 0 Å². The van der Waals surface area contributed by atoms with Crippen LogP contribution in [0.15, 0.2) is 18.2 Å². The van der Waals surface area contributed by atoms with Crippen LogP contribution >= 0.6 is 11.6 Å². The first kappa shape index (κ1) is 15.3. The minimum absolute atomic E-state index is 0.0704. The Kier molecular flexibility index (Phi) is 5.42. The molecule has 0 fully saturated rings. The minimum atomic E-state index is -0.494. The largest absolute Gasteiger partial charge is 0.490 e. The maximum absolute atomic E-state index is 13.6. The standard InChI is InChI=1S/C14H21ClFNO/c1-10(2)17-8-14(3,4)9-18-12-7-5-6-11(15)13(12)16/h5-7,10,17H,8-9H2,1-4H3. The van der Waals surface area contributed by atoms with E-state index in [4.69, 9.17) is 16.3 Å². The molecule has 0 amide bonds. The van der Waals surface area contributed by atoms with Crippen molar-refractivity contribution in [2.75, 3.05) is 13.2 Å². The summed E-state index contributed by atoms with van der Waals surface area (Å²) in [6.07, 6.45) is 0. The van der Waals surface area contributed by atoms with Gasteiger partial charge in [-0.15, -0.1) is 0 Å². The Bertz CT molecular complexity index is 393. The van der Waals surface area contributed by atoms with Crippen molar-refractivity contribution >= 4 is 11.6 Å². The summed E-state index contributed by atoms with van der Waals surface area (Å²) in [4.78, 5) is 0. The summed E-state index contributed by atoms with van der Waals surface area (Å²) in [5.41, 5.74) is -0.0704. The molecule has 0 saturated heterocycles. The third kappa shape index (κ3) is 4.83. The summed E-state index contributed by atoms with van der Waals surface area (Å²) >= 11 is 5.70. The Labute approximate surface area is 113 Å². The lowest BCUT2D eigenvalue weighted by molar-refractivity contribution is 0.168. The number of nitrogens with one attached hydrogen (secondary N) is 1. The van der Waals surface area contributed by atoms with Gasteiger partial charge in [0.15, 0.2) is 11.6 Å². The fourth-order valence-corrected chi connectivity index (χ4v) is 1.57. The van der Waals surface area contributed by atoms with E-state index in [0.717, 1.165) is 6.54 Å². The van der Waals surface area contributed by atoms with Crippen LogP contribution < -0.4 is 10.1 Å². The van der Waals surface area contributed by atoms with Crippen molar-refractivity contribution in [3.8, 4) is 5.75 Å². The van der Waals surface area contributed by atoms with Gasteiger partial charge < -0.3 is 10.1 Å². The molecular weight excluding hydrogens is 253 g/mol. The van der Waals surface area contributed by atoms with E-state index >= 15 is 0 Å². The van der Waals surface area contributed by atoms with Gasteiger partial charge in [-0.2, -0.15) is 0 Å². The molecule has 0 unspecified atom stereocenters. The van der Waals surface area contributed by atoms with Gasteiger partial charge in [-0.1, -0.05) is 45.4 Å². The first-order valence-corrected chi connectivity index (χ1v) is 6.50. The molecule has 0 saturated carbocycles. The van der Waals surface area contributed by atoms with Crippen molar-refractivity contribution in [3.63, 3.8) is 0 Å². The van der Waals surface area contributed by atoms with Gasteiger partial charge in [0, 0.05) is 18.0 Å².